The molecule has 2 amide bonds. The summed E-state index contributed by atoms with van der Waals surface area (Å²) >= 11 is 0. The average Bonchev–Trinajstić information content (AvgIpc) is 2.70. The topological polar surface area (TPSA) is 85.4 Å². The maximum atomic E-state index is 11.9. The summed E-state index contributed by atoms with van der Waals surface area (Å²) in [6, 6.07) is 1.32. The minimum atomic E-state index is -1.09. The van der Waals surface area contributed by atoms with Crippen LogP contribution in [0.4, 0.5) is 10.5 Å². The van der Waals surface area contributed by atoms with Crippen molar-refractivity contribution in [3.05, 3.63) is 17.5 Å². The van der Waals surface area contributed by atoms with Crippen LogP contribution in [0.3, 0.4) is 0 Å². The second-order valence-corrected chi connectivity index (χ2v) is 4.60. The Kier molecular flexibility index (Phi) is 5.41. The van der Waals surface area contributed by atoms with Gasteiger partial charge in [-0.3, -0.25) is 0 Å². The zero-order valence-electron chi connectivity index (χ0n) is 11.6. The van der Waals surface area contributed by atoms with Crippen LogP contribution in [0.25, 0.3) is 0 Å². The number of unbranched alkanes of at least 4 members (excludes halogenated alkanes) is 2. The smallest absolute Gasteiger partial charge is 0.354 e. The number of carbonyl (C=O) groups is 2. The molecule has 0 aliphatic rings. The summed E-state index contributed by atoms with van der Waals surface area (Å²) < 4.78 is 0. The van der Waals surface area contributed by atoms with Gasteiger partial charge in [0.05, 0.1) is 5.69 Å². The summed E-state index contributed by atoms with van der Waals surface area (Å²) in [4.78, 5) is 27.2. The van der Waals surface area contributed by atoms with Gasteiger partial charge in [-0.1, -0.05) is 19.8 Å². The Labute approximate surface area is 112 Å². The first-order chi connectivity index (χ1) is 8.95. The number of H-pyrrole nitrogens is 1. The van der Waals surface area contributed by atoms with Crippen LogP contribution < -0.4 is 5.32 Å². The van der Waals surface area contributed by atoms with E-state index in [1.54, 1.807) is 24.9 Å². The zero-order chi connectivity index (χ0) is 14.4. The van der Waals surface area contributed by atoms with Crippen molar-refractivity contribution in [1.29, 1.82) is 0 Å². The molecule has 19 heavy (non-hydrogen) atoms. The Bertz CT molecular complexity index is 454. The molecule has 106 valence electrons. The van der Waals surface area contributed by atoms with Crippen molar-refractivity contribution in [3.63, 3.8) is 0 Å². The van der Waals surface area contributed by atoms with Crippen LogP contribution >= 0.6 is 0 Å². The number of hydrogen-bond acceptors (Lipinski definition) is 2. The van der Waals surface area contributed by atoms with Crippen molar-refractivity contribution >= 4 is 17.7 Å². The van der Waals surface area contributed by atoms with Gasteiger partial charge in [-0.2, -0.15) is 0 Å². The van der Waals surface area contributed by atoms with Crippen LogP contribution in [0.1, 0.15) is 42.4 Å². The van der Waals surface area contributed by atoms with Gasteiger partial charge in [0, 0.05) is 19.3 Å². The third kappa shape index (κ3) is 4.31. The predicted molar refractivity (Wildman–Crippen MR) is 73.7 cm³/mol. The van der Waals surface area contributed by atoms with E-state index in [1.807, 2.05) is 0 Å². The molecule has 1 rings (SSSR count). The molecule has 0 bridgehead atoms. The van der Waals surface area contributed by atoms with Crippen molar-refractivity contribution < 1.29 is 14.7 Å². The average molecular weight is 267 g/mol. The van der Waals surface area contributed by atoms with E-state index in [0.29, 0.717) is 17.9 Å². The molecule has 0 fully saturated rings. The fourth-order valence-electron chi connectivity index (χ4n) is 1.77. The number of rotatable bonds is 6. The van der Waals surface area contributed by atoms with E-state index in [1.165, 1.54) is 0 Å². The molecule has 0 radical (unpaired) electrons. The van der Waals surface area contributed by atoms with E-state index in [-0.39, 0.29) is 11.7 Å². The van der Waals surface area contributed by atoms with E-state index in [0.717, 1.165) is 19.3 Å². The number of aryl methyl sites for hydroxylation is 1. The number of nitrogens with zero attached hydrogens (tertiary/aromatic N) is 1. The largest absolute Gasteiger partial charge is 0.477 e. The van der Waals surface area contributed by atoms with Crippen molar-refractivity contribution in [2.45, 2.75) is 33.1 Å². The van der Waals surface area contributed by atoms with Crippen LogP contribution in [0, 0.1) is 6.92 Å². The highest BCUT2D eigenvalue weighted by molar-refractivity contribution is 5.99. The van der Waals surface area contributed by atoms with Crippen molar-refractivity contribution in [1.82, 2.24) is 9.88 Å². The van der Waals surface area contributed by atoms with Crippen LogP contribution in [-0.4, -0.2) is 40.6 Å². The highest BCUT2D eigenvalue weighted by atomic mass is 16.4. The van der Waals surface area contributed by atoms with Gasteiger partial charge >= 0.3 is 12.0 Å². The molecule has 1 aromatic heterocycles. The molecule has 0 saturated heterocycles. The molecular weight excluding hydrogens is 246 g/mol. The van der Waals surface area contributed by atoms with Gasteiger partial charge in [0.15, 0.2) is 0 Å². The van der Waals surface area contributed by atoms with E-state index in [4.69, 9.17) is 5.11 Å². The fraction of sp³-hybridized carbons (Fsp3) is 0.538. The summed E-state index contributed by atoms with van der Waals surface area (Å²) in [5.41, 5.74) is 1.01. The van der Waals surface area contributed by atoms with Crippen LogP contribution in [0.15, 0.2) is 6.07 Å². The third-order valence-corrected chi connectivity index (χ3v) is 2.85. The maximum Gasteiger partial charge on any atom is 0.354 e. The first-order valence-corrected chi connectivity index (χ1v) is 6.40. The van der Waals surface area contributed by atoms with E-state index in [2.05, 4.69) is 17.2 Å². The van der Waals surface area contributed by atoms with Crippen LogP contribution in [0.5, 0.6) is 0 Å². The Hall–Kier alpha value is -1.98. The number of carboxylic acid groups (broad SMARTS) is 1. The molecule has 1 heterocycles. The van der Waals surface area contributed by atoms with Crippen molar-refractivity contribution in [2.75, 3.05) is 18.9 Å². The molecule has 6 heteroatoms. The van der Waals surface area contributed by atoms with Gasteiger partial charge in [0.2, 0.25) is 0 Å². The minimum absolute atomic E-state index is 0.00723. The molecule has 0 unspecified atom stereocenters. The second-order valence-electron chi connectivity index (χ2n) is 4.60. The normalized spacial score (nSPS) is 10.3. The molecule has 0 atom stereocenters. The molecule has 0 aliphatic heterocycles. The molecule has 0 spiro atoms. The number of urea groups is 1. The van der Waals surface area contributed by atoms with Crippen LogP contribution in [0.2, 0.25) is 0 Å². The first-order valence-electron chi connectivity index (χ1n) is 6.40. The molecule has 3 N–H and O–H groups in total. The van der Waals surface area contributed by atoms with Gasteiger partial charge in [0.25, 0.3) is 0 Å². The molecule has 0 aromatic carbocycles. The minimum Gasteiger partial charge on any atom is -0.477 e. The number of anilines is 1. The number of carbonyl (C=O) groups excluding carboxylic acids is 1. The highest BCUT2D eigenvalue weighted by Gasteiger charge is 2.16. The predicted octanol–water partition coefficient (Wildman–Crippen LogP) is 2.68. The van der Waals surface area contributed by atoms with E-state index >= 15 is 0 Å². The van der Waals surface area contributed by atoms with Gasteiger partial charge in [0.1, 0.15) is 5.69 Å². The van der Waals surface area contributed by atoms with Gasteiger partial charge in [-0.25, -0.2) is 9.59 Å². The van der Waals surface area contributed by atoms with E-state index < -0.39 is 5.97 Å². The second kappa shape index (κ2) is 6.82. The lowest BCUT2D eigenvalue weighted by Crippen LogP contribution is -2.32. The van der Waals surface area contributed by atoms with Crippen LogP contribution in [-0.2, 0) is 0 Å². The number of nitrogens with one attached hydrogen (secondary N) is 2. The number of aromatic nitrogens is 1. The summed E-state index contributed by atoms with van der Waals surface area (Å²) in [6.07, 6.45) is 3.11. The number of carboxylic acids is 1. The summed E-state index contributed by atoms with van der Waals surface area (Å²) in [6.45, 7) is 4.50. The van der Waals surface area contributed by atoms with Crippen molar-refractivity contribution in [3.8, 4) is 0 Å². The molecule has 1 aromatic rings. The SMILES string of the molecule is CCCCCN(C)C(=O)Nc1cc(C)[nH]c1C(=O)O. The zero-order valence-corrected chi connectivity index (χ0v) is 11.6. The monoisotopic (exact) mass is 267 g/mol. The Morgan fingerprint density at radius 2 is 2.11 bits per heavy atom. The quantitative estimate of drug-likeness (QED) is 0.693. The molecule has 0 saturated carbocycles. The van der Waals surface area contributed by atoms with Crippen molar-refractivity contribution in [2.24, 2.45) is 0 Å². The third-order valence-electron chi connectivity index (χ3n) is 2.85. The molecule has 0 aliphatic carbocycles. The summed E-state index contributed by atoms with van der Waals surface area (Å²) in [7, 11) is 1.70. The number of aromatic carboxylic acids is 1. The number of aromatic amines is 1. The standard InChI is InChI=1S/C13H21N3O3/c1-4-5-6-7-16(3)13(19)15-10-8-9(2)14-11(10)12(17)18/h8,14H,4-7H2,1-3H3,(H,15,19)(H,17,18). The van der Waals surface area contributed by atoms with E-state index in [9.17, 15) is 9.59 Å². The first kappa shape index (κ1) is 15.1. The lowest BCUT2D eigenvalue weighted by molar-refractivity contribution is 0.0692. The maximum absolute atomic E-state index is 11.9. The Balaban J connectivity index is 2.63. The summed E-state index contributed by atoms with van der Waals surface area (Å²) in [5, 5.41) is 11.6. The summed E-state index contributed by atoms with van der Waals surface area (Å²) in [5.74, 6) is -1.09. The van der Waals surface area contributed by atoms with Gasteiger partial charge in [-0.15, -0.1) is 0 Å². The Morgan fingerprint density at radius 1 is 1.42 bits per heavy atom. The lowest BCUT2D eigenvalue weighted by atomic mass is 10.2. The fourth-order valence-corrected chi connectivity index (χ4v) is 1.77. The number of hydrogen-bond donors (Lipinski definition) is 3. The lowest BCUT2D eigenvalue weighted by Gasteiger charge is -2.17. The molecule has 6 nitrogen and oxygen atoms in total. The van der Waals surface area contributed by atoms with Gasteiger partial charge in [-0.05, 0) is 19.4 Å². The Morgan fingerprint density at radius 3 is 2.68 bits per heavy atom. The molecular formula is C13H21N3O3. The number of amides is 2. The highest BCUT2D eigenvalue weighted by Crippen LogP contribution is 2.17. The van der Waals surface area contributed by atoms with Gasteiger partial charge < -0.3 is 20.3 Å².